The first kappa shape index (κ1) is 13.0. The van der Waals surface area contributed by atoms with Gasteiger partial charge >= 0.3 is 0 Å². The van der Waals surface area contributed by atoms with Crippen LogP contribution in [-0.4, -0.2) is 13.1 Å². The number of aryl methyl sites for hydroxylation is 1. The molecule has 0 amide bonds. The topological polar surface area (TPSA) is 24.1 Å². The average Bonchev–Trinajstić information content (AvgIpc) is 2.85. The normalized spacial score (nSPS) is 25.9. The lowest BCUT2D eigenvalue weighted by atomic mass is 9.97. The van der Waals surface area contributed by atoms with Crippen LogP contribution < -0.4 is 10.6 Å². The second-order valence-corrected chi connectivity index (χ2v) is 6.28. The third-order valence-corrected chi connectivity index (χ3v) is 4.92. The first-order chi connectivity index (χ1) is 9.34. The van der Waals surface area contributed by atoms with Crippen molar-refractivity contribution >= 4 is 5.69 Å². The largest absolute Gasteiger partial charge is 0.385 e. The van der Waals surface area contributed by atoms with Crippen LogP contribution >= 0.6 is 0 Å². The lowest BCUT2D eigenvalue weighted by molar-refractivity contribution is 0.392. The van der Waals surface area contributed by atoms with E-state index in [4.69, 9.17) is 0 Å². The van der Waals surface area contributed by atoms with Crippen molar-refractivity contribution in [1.29, 1.82) is 0 Å². The van der Waals surface area contributed by atoms with Crippen molar-refractivity contribution in [2.24, 2.45) is 11.8 Å². The molecule has 2 aliphatic rings. The van der Waals surface area contributed by atoms with Gasteiger partial charge in [0.2, 0.25) is 0 Å². The van der Waals surface area contributed by atoms with Crippen LogP contribution in [-0.2, 0) is 13.0 Å². The second kappa shape index (κ2) is 5.96. The summed E-state index contributed by atoms with van der Waals surface area (Å²) in [4.78, 5) is 0. The molecule has 1 fully saturated rings. The molecule has 1 aliphatic heterocycles. The Morgan fingerprint density at radius 2 is 2.21 bits per heavy atom. The monoisotopic (exact) mass is 258 g/mol. The third-order valence-electron chi connectivity index (χ3n) is 4.92. The van der Waals surface area contributed by atoms with Crippen LogP contribution in [0.3, 0.4) is 0 Å². The molecule has 2 heteroatoms. The lowest BCUT2D eigenvalue weighted by Gasteiger charge is -2.22. The standard InChI is InChI=1S/C17H26N2/c1-13-5-2-7-15(13)11-18-12-16-8-3-6-14-9-4-10-19-17(14)16/h3,6,8,13,15,18-19H,2,4-5,7,9-12H2,1H3. The van der Waals surface area contributed by atoms with Gasteiger partial charge in [0.1, 0.15) is 0 Å². The number of nitrogens with one attached hydrogen (secondary N) is 2. The predicted octanol–water partition coefficient (Wildman–Crippen LogP) is 3.57. The van der Waals surface area contributed by atoms with Gasteiger partial charge in [0.05, 0.1) is 0 Å². The van der Waals surface area contributed by atoms with Crippen molar-refractivity contribution < 1.29 is 0 Å². The average molecular weight is 258 g/mol. The first-order valence-corrected chi connectivity index (χ1v) is 7.90. The molecule has 2 unspecified atom stereocenters. The zero-order valence-electron chi connectivity index (χ0n) is 12.0. The highest BCUT2D eigenvalue weighted by Gasteiger charge is 2.22. The van der Waals surface area contributed by atoms with Gasteiger partial charge in [-0.25, -0.2) is 0 Å². The van der Waals surface area contributed by atoms with E-state index in [9.17, 15) is 0 Å². The molecule has 1 saturated carbocycles. The van der Waals surface area contributed by atoms with Crippen molar-refractivity contribution in [3.63, 3.8) is 0 Å². The first-order valence-electron chi connectivity index (χ1n) is 7.90. The van der Waals surface area contributed by atoms with Gasteiger partial charge in [-0.15, -0.1) is 0 Å². The van der Waals surface area contributed by atoms with Crippen molar-refractivity contribution in [2.75, 3.05) is 18.4 Å². The molecule has 104 valence electrons. The van der Waals surface area contributed by atoms with E-state index in [0.29, 0.717) is 0 Å². The molecule has 1 aromatic rings. The van der Waals surface area contributed by atoms with Gasteiger partial charge in [0, 0.05) is 18.8 Å². The molecule has 0 aromatic heterocycles. The van der Waals surface area contributed by atoms with Crippen LogP contribution in [0.4, 0.5) is 5.69 Å². The molecule has 1 aliphatic carbocycles. The number of benzene rings is 1. The third kappa shape index (κ3) is 2.94. The summed E-state index contributed by atoms with van der Waals surface area (Å²) in [5, 5.41) is 7.26. The number of anilines is 1. The Kier molecular flexibility index (Phi) is 4.07. The van der Waals surface area contributed by atoms with E-state index < -0.39 is 0 Å². The van der Waals surface area contributed by atoms with Gasteiger partial charge in [-0.3, -0.25) is 0 Å². The van der Waals surface area contributed by atoms with Crippen molar-refractivity contribution in [3.8, 4) is 0 Å². The molecule has 2 nitrogen and oxygen atoms in total. The summed E-state index contributed by atoms with van der Waals surface area (Å²) in [5.74, 6) is 1.81. The van der Waals surface area contributed by atoms with E-state index in [1.54, 1.807) is 0 Å². The van der Waals surface area contributed by atoms with Crippen LogP contribution in [0.2, 0.25) is 0 Å². The summed E-state index contributed by atoms with van der Waals surface area (Å²) in [6.07, 6.45) is 6.77. The fourth-order valence-corrected chi connectivity index (χ4v) is 3.65. The molecular formula is C17H26N2. The van der Waals surface area contributed by atoms with Gasteiger partial charge in [-0.05, 0) is 48.8 Å². The van der Waals surface area contributed by atoms with Crippen LogP contribution in [0.1, 0.15) is 43.7 Å². The quantitative estimate of drug-likeness (QED) is 0.862. The molecule has 19 heavy (non-hydrogen) atoms. The van der Waals surface area contributed by atoms with Crippen LogP contribution in [0, 0.1) is 11.8 Å². The zero-order valence-corrected chi connectivity index (χ0v) is 12.0. The van der Waals surface area contributed by atoms with E-state index in [-0.39, 0.29) is 0 Å². The summed E-state index contributed by atoms with van der Waals surface area (Å²) < 4.78 is 0. The summed E-state index contributed by atoms with van der Waals surface area (Å²) in [5.41, 5.74) is 4.35. The maximum absolute atomic E-state index is 3.68. The Balaban J connectivity index is 1.58. The number of para-hydroxylation sites is 1. The fourth-order valence-electron chi connectivity index (χ4n) is 3.65. The van der Waals surface area contributed by atoms with Gasteiger partial charge in [0.15, 0.2) is 0 Å². The van der Waals surface area contributed by atoms with Gasteiger partial charge < -0.3 is 10.6 Å². The maximum Gasteiger partial charge on any atom is 0.0418 e. The Bertz CT molecular complexity index is 427. The highest BCUT2D eigenvalue weighted by atomic mass is 14.9. The van der Waals surface area contributed by atoms with Crippen molar-refractivity contribution in [2.45, 2.75) is 45.6 Å². The number of rotatable bonds is 4. The molecule has 2 N–H and O–H groups in total. The van der Waals surface area contributed by atoms with E-state index >= 15 is 0 Å². The molecular weight excluding hydrogens is 232 g/mol. The van der Waals surface area contributed by atoms with Crippen molar-refractivity contribution in [1.82, 2.24) is 5.32 Å². The minimum absolute atomic E-state index is 0.896. The van der Waals surface area contributed by atoms with Crippen LogP contribution in [0.15, 0.2) is 18.2 Å². The summed E-state index contributed by atoms with van der Waals surface area (Å²) in [7, 11) is 0. The SMILES string of the molecule is CC1CCCC1CNCc1cccc2c1NCCC2. The summed E-state index contributed by atoms with van der Waals surface area (Å²) in [6.45, 7) is 5.74. The smallest absolute Gasteiger partial charge is 0.0418 e. The predicted molar refractivity (Wildman–Crippen MR) is 81.5 cm³/mol. The Labute approximate surface area is 117 Å². The number of hydrogen-bond donors (Lipinski definition) is 2. The fraction of sp³-hybridized carbons (Fsp3) is 0.647. The van der Waals surface area contributed by atoms with E-state index in [0.717, 1.165) is 24.9 Å². The van der Waals surface area contributed by atoms with Crippen LogP contribution in [0.5, 0.6) is 0 Å². The molecule has 0 radical (unpaired) electrons. The summed E-state index contributed by atoms with van der Waals surface area (Å²) >= 11 is 0. The molecule has 0 spiro atoms. The second-order valence-electron chi connectivity index (χ2n) is 6.28. The lowest BCUT2D eigenvalue weighted by Crippen LogP contribution is -2.25. The van der Waals surface area contributed by atoms with Crippen molar-refractivity contribution in [3.05, 3.63) is 29.3 Å². The molecule has 1 aromatic carbocycles. The Morgan fingerprint density at radius 1 is 1.26 bits per heavy atom. The zero-order chi connectivity index (χ0) is 13.1. The highest BCUT2D eigenvalue weighted by Crippen LogP contribution is 2.31. The molecule has 2 atom stereocenters. The van der Waals surface area contributed by atoms with E-state index in [1.165, 1.54) is 55.5 Å². The van der Waals surface area contributed by atoms with Gasteiger partial charge in [-0.1, -0.05) is 38.0 Å². The Morgan fingerprint density at radius 3 is 3.05 bits per heavy atom. The minimum Gasteiger partial charge on any atom is -0.385 e. The van der Waals surface area contributed by atoms with Crippen LogP contribution in [0.25, 0.3) is 0 Å². The van der Waals surface area contributed by atoms with Gasteiger partial charge in [0.25, 0.3) is 0 Å². The molecule has 0 saturated heterocycles. The maximum atomic E-state index is 3.68. The van der Waals surface area contributed by atoms with Gasteiger partial charge in [-0.2, -0.15) is 0 Å². The minimum atomic E-state index is 0.896. The summed E-state index contributed by atoms with van der Waals surface area (Å²) in [6, 6.07) is 6.74. The molecule has 0 bridgehead atoms. The molecule has 1 heterocycles. The van der Waals surface area contributed by atoms with E-state index in [2.05, 4.69) is 35.8 Å². The van der Waals surface area contributed by atoms with E-state index in [1.807, 2.05) is 0 Å². The Hall–Kier alpha value is -1.02. The number of fused-ring (bicyclic) bond motifs is 1. The molecule has 3 rings (SSSR count). The highest BCUT2D eigenvalue weighted by molar-refractivity contribution is 5.59. The number of hydrogen-bond acceptors (Lipinski definition) is 2.